The molecule has 0 amide bonds. The highest BCUT2D eigenvalue weighted by molar-refractivity contribution is 5.79. The Morgan fingerprint density at radius 2 is 1.80 bits per heavy atom. The second kappa shape index (κ2) is 6.58. The van der Waals surface area contributed by atoms with E-state index in [4.69, 9.17) is 0 Å². The van der Waals surface area contributed by atoms with Crippen molar-refractivity contribution in [2.45, 2.75) is 12.6 Å². The van der Waals surface area contributed by atoms with Crippen LogP contribution in [-0.2, 0) is 12.6 Å². The van der Waals surface area contributed by atoms with E-state index < -0.39 is 11.7 Å². The molecular weight excluding hydrogens is 269 g/mol. The number of halogens is 3. The lowest BCUT2D eigenvalue weighted by atomic mass is 10.2. The van der Waals surface area contributed by atoms with Crippen LogP contribution < -0.4 is 0 Å². The highest BCUT2D eigenvalue weighted by Gasteiger charge is 2.30. The van der Waals surface area contributed by atoms with Crippen LogP contribution in [0.1, 0.15) is 11.3 Å². The number of nitrogens with zero attached hydrogens (tertiary/aromatic N) is 4. The van der Waals surface area contributed by atoms with E-state index in [9.17, 15) is 13.2 Å². The molecule has 7 heteroatoms. The van der Waals surface area contributed by atoms with Crippen LogP contribution in [-0.4, -0.2) is 55.5 Å². The highest BCUT2D eigenvalue weighted by atomic mass is 19.4. The number of hydrogen-bond acceptors (Lipinski definition) is 2. The number of guanidine groups is 1. The second-order valence-corrected chi connectivity index (χ2v) is 4.75. The van der Waals surface area contributed by atoms with Crippen LogP contribution in [0, 0.1) is 0 Å². The summed E-state index contributed by atoms with van der Waals surface area (Å²) in [4.78, 5) is 12.0. The maximum Gasteiger partial charge on any atom is 0.416 e. The first kappa shape index (κ1) is 16.3. The average Bonchev–Trinajstić information content (AvgIpc) is 2.33. The molecule has 1 rings (SSSR count). The molecule has 0 spiro atoms. The molecule has 0 N–H and O–H groups in total. The Bertz CT molecular complexity index is 457. The summed E-state index contributed by atoms with van der Waals surface area (Å²) in [5.41, 5.74) is -0.285. The normalized spacial score (nSPS) is 11.2. The van der Waals surface area contributed by atoms with E-state index in [-0.39, 0.29) is 0 Å². The minimum absolute atomic E-state index is 0.370. The van der Waals surface area contributed by atoms with Crippen molar-refractivity contribution in [3.63, 3.8) is 0 Å². The van der Waals surface area contributed by atoms with Crippen LogP contribution in [0.15, 0.2) is 23.3 Å². The molecule has 0 bridgehead atoms. The summed E-state index contributed by atoms with van der Waals surface area (Å²) < 4.78 is 37.7. The molecule has 0 saturated carbocycles. The van der Waals surface area contributed by atoms with Gasteiger partial charge in [0.2, 0.25) is 0 Å². The number of aliphatic imine (C=N–C) groups is 1. The van der Waals surface area contributed by atoms with Crippen molar-refractivity contribution < 1.29 is 13.2 Å². The molecule has 1 heterocycles. The third kappa shape index (κ3) is 4.71. The monoisotopic (exact) mass is 288 g/mol. The van der Waals surface area contributed by atoms with Gasteiger partial charge < -0.3 is 9.80 Å². The van der Waals surface area contributed by atoms with Crippen LogP contribution in [0.5, 0.6) is 0 Å². The zero-order valence-electron chi connectivity index (χ0n) is 12.1. The molecule has 0 atom stereocenters. The standard InChI is InChI=1S/C13H19F3N4/c1-19(2)12(20(3)4)18-8-6-11-9-10(5-7-17-11)13(14,15)16/h5,7,9H,6,8H2,1-4H3. The molecule has 0 aliphatic carbocycles. The van der Waals surface area contributed by atoms with Gasteiger partial charge in [0.25, 0.3) is 0 Å². The fourth-order valence-corrected chi connectivity index (χ4v) is 1.74. The van der Waals surface area contributed by atoms with E-state index in [1.807, 2.05) is 38.0 Å². The number of aromatic nitrogens is 1. The smallest absolute Gasteiger partial charge is 0.349 e. The molecular formula is C13H19F3N4. The van der Waals surface area contributed by atoms with Gasteiger partial charge in [0.05, 0.1) is 5.56 Å². The maximum absolute atomic E-state index is 12.6. The first-order valence-corrected chi connectivity index (χ1v) is 6.13. The molecule has 112 valence electrons. The lowest BCUT2D eigenvalue weighted by Crippen LogP contribution is -2.35. The molecule has 0 unspecified atom stereocenters. The van der Waals surface area contributed by atoms with Gasteiger partial charge in [-0.2, -0.15) is 13.2 Å². The third-order valence-electron chi connectivity index (χ3n) is 2.57. The molecule has 0 aliphatic heterocycles. The maximum atomic E-state index is 12.6. The first-order valence-electron chi connectivity index (χ1n) is 6.13. The zero-order chi connectivity index (χ0) is 15.3. The van der Waals surface area contributed by atoms with Gasteiger partial charge in [-0.3, -0.25) is 9.98 Å². The lowest BCUT2D eigenvalue weighted by molar-refractivity contribution is -0.137. The van der Waals surface area contributed by atoms with Crippen LogP contribution in [0.3, 0.4) is 0 Å². The van der Waals surface area contributed by atoms with Crippen molar-refractivity contribution >= 4 is 5.96 Å². The van der Waals surface area contributed by atoms with Gasteiger partial charge in [-0.1, -0.05) is 0 Å². The Hall–Kier alpha value is -1.79. The van der Waals surface area contributed by atoms with Gasteiger partial charge in [-0.25, -0.2) is 0 Å². The third-order valence-corrected chi connectivity index (χ3v) is 2.57. The minimum atomic E-state index is -4.33. The molecule has 0 radical (unpaired) electrons. The van der Waals surface area contributed by atoms with Gasteiger partial charge in [0, 0.05) is 53.0 Å². The van der Waals surface area contributed by atoms with Crippen LogP contribution in [0.2, 0.25) is 0 Å². The van der Waals surface area contributed by atoms with Crippen LogP contribution in [0.4, 0.5) is 13.2 Å². The van der Waals surface area contributed by atoms with E-state index in [0.29, 0.717) is 18.7 Å². The number of rotatable bonds is 3. The summed E-state index contributed by atoms with van der Waals surface area (Å²) >= 11 is 0. The molecule has 0 aliphatic rings. The van der Waals surface area contributed by atoms with Crippen molar-refractivity contribution in [2.75, 3.05) is 34.7 Å². The molecule has 0 saturated heterocycles. The quantitative estimate of drug-likeness (QED) is 0.631. The summed E-state index contributed by atoms with van der Waals surface area (Å²) in [7, 11) is 7.45. The van der Waals surface area contributed by atoms with E-state index in [0.717, 1.165) is 18.1 Å². The molecule has 4 nitrogen and oxygen atoms in total. The molecule has 0 fully saturated rings. The SMILES string of the molecule is CN(C)C(=NCCc1cc(C(F)(F)F)ccn1)N(C)C. The number of pyridine rings is 1. The molecule has 0 aromatic carbocycles. The van der Waals surface area contributed by atoms with E-state index >= 15 is 0 Å². The van der Waals surface area contributed by atoms with Crippen molar-refractivity contribution in [1.82, 2.24) is 14.8 Å². The van der Waals surface area contributed by atoms with Crippen molar-refractivity contribution in [3.8, 4) is 0 Å². The van der Waals surface area contributed by atoms with Crippen LogP contribution >= 0.6 is 0 Å². The Balaban J connectivity index is 2.73. The van der Waals surface area contributed by atoms with Crippen molar-refractivity contribution in [2.24, 2.45) is 4.99 Å². The summed E-state index contributed by atoms with van der Waals surface area (Å²) in [5, 5.41) is 0. The van der Waals surface area contributed by atoms with Gasteiger partial charge >= 0.3 is 6.18 Å². The predicted molar refractivity (Wildman–Crippen MR) is 72.6 cm³/mol. The van der Waals surface area contributed by atoms with E-state index in [2.05, 4.69) is 9.98 Å². The minimum Gasteiger partial charge on any atom is -0.349 e. The topological polar surface area (TPSA) is 31.7 Å². The molecule has 1 aromatic heterocycles. The fraction of sp³-hybridized carbons (Fsp3) is 0.538. The summed E-state index contributed by atoms with van der Waals surface area (Å²) in [6, 6.07) is 2.04. The van der Waals surface area contributed by atoms with E-state index in [1.54, 1.807) is 0 Å². The Kier molecular flexibility index (Phi) is 5.35. The van der Waals surface area contributed by atoms with Gasteiger partial charge in [0.1, 0.15) is 0 Å². The molecule has 20 heavy (non-hydrogen) atoms. The second-order valence-electron chi connectivity index (χ2n) is 4.75. The Morgan fingerprint density at radius 1 is 1.20 bits per heavy atom. The highest BCUT2D eigenvalue weighted by Crippen LogP contribution is 2.28. The molecule has 1 aromatic rings. The van der Waals surface area contributed by atoms with Crippen LogP contribution in [0.25, 0.3) is 0 Å². The number of alkyl halides is 3. The van der Waals surface area contributed by atoms with Gasteiger partial charge in [-0.05, 0) is 12.1 Å². The average molecular weight is 288 g/mol. The van der Waals surface area contributed by atoms with Gasteiger partial charge in [0.15, 0.2) is 5.96 Å². The van der Waals surface area contributed by atoms with Crippen molar-refractivity contribution in [1.29, 1.82) is 0 Å². The first-order chi connectivity index (χ1) is 9.21. The van der Waals surface area contributed by atoms with E-state index in [1.165, 1.54) is 6.20 Å². The Labute approximate surface area is 116 Å². The lowest BCUT2D eigenvalue weighted by Gasteiger charge is -2.22. The predicted octanol–water partition coefficient (Wildman–Crippen LogP) is 2.12. The largest absolute Gasteiger partial charge is 0.416 e. The van der Waals surface area contributed by atoms with Gasteiger partial charge in [-0.15, -0.1) is 0 Å². The zero-order valence-corrected chi connectivity index (χ0v) is 12.1. The fourth-order valence-electron chi connectivity index (χ4n) is 1.74. The number of hydrogen-bond donors (Lipinski definition) is 0. The Morgan fingerprint density at radius 3 is 2.30 bits per heavy atom. The summed E-state index contributed by atoms with van der Waals surface area (Å²) in [6.07, 6.45) is -2.78. The summed E-state index contributed by atoms with van der Waals surface area (Å²) in [5.74, 6) is 0.761. The summed E-state index contributed by atoms with van der Waals surface area (Å²) in [6.45, 7) is 0.389. The van der Waals surface area contributed by atoms with Crippen molar-refractivity contribution in [3.05, 3.63) is 29.6 Å².